The summed E-state index contributed by atoms with van der Waals surface area (Å²) in [4.78, 5) is 15.1. The summed E-state index contributed by atoms with van der Waals surface area (Å²) in [6, 6.07) is 13.1. The largest absolute Gasteiger partial charge is 0.324 e. The highest BCUT2D eigenvalue weighted by atomic mass is 19.1. The van der Waals surface area contributed by atoms with Crippen LogP contribution in [-0.2, 0) is 17.8 Å². The molecule has 1 heterocycles. The van der Waals surface area contributed by atoms with Crippen LogP contribution in [0.4, 0.5) is 10.1 Å². The van der Waals surface area contributed by atoms with E-state index in [0.29, 0.717) is 17.9 Å². The zero-order valence-electron chi connectivity index (χ0n) is 16.1. The molecule has 0 saturated heterocycles. The number of nitrogens with zero attached hydrogens (tertiary/aromatic N) is 5. The predicted octanol–water partition coefficient (Wildman–Crippen LogP) is 2.60. The number of carbonyl (C=O) groups excluding carboxylic acids is 1. The number of benzene rings is 2. The molecule has 2 aromatic carbocycles. The van der Waals surface area contributed by atoms with Crippen molar-refractivity contribution in [3.8, 4) is 0 Å². The normalized spacial score (nSPS) is 12.2. The quantitative estimate of drug-likeness (QED) is 0.680. The van der Waals surface area contributed by atoms with E-state index in [1.807, 2.05) is 38.4 Å². The minimum atomic E-state index is -0.655. The van der Waals surface area contributed by atoms with E-state index in [1.54, 1.807) is 19.1 Å². The molecule has 0 aliphatic carbocycles. The SMILES string of the molecule is Cc1nnnn1C(Cc1ccc(F)cc1)C(=O)Nc1cccc(CN(C)C)c1. The van der Waals surface area contributed by atoms with Crippen LogP contribution >= 0.6 is 0 Å². The maximum Gasteiger partial charge on any atom is 0.249 e. The molecule has 7 nitrogen and oxygen atoms in total. The van der Waals surface area contributed by atoms with E-state index in [1.165, 1.54) is 16.8 Å². The third-order valence-corrected chi connectivity index (χ3v) is 4.29. The van der Waals surface area contributed by atoms with Crippen LogP contribution in [0.5, 0.6) is 0 Å². The molecule has 28 heavy (non-hydrogen) atoms. The van der Waals surface area contributed by atoms with Crippen molar-refractivity contribution < 1.29 is 9.18 Å². The second-order valence-electron chi connectivity index (χ2n) is 6.94. The molecule has 1 atom stereocenters. The lowest BCUT2D eigenvalue weighted by Crippen LogP contribution is -2.29. The average molecular weight is 382 g/mol. The second kappa shape index (κ2) is 8.71. The maximum absolute atomic E-state index is 13.2. The van der Waals surface area contributed by atoms with Crippen LogP contribution in [0.3, 0.4) is 0 Å². The summed E-state index contributed by atoms with van der Waals surface area (Å²) in [5.74, 6) is -0.0218. The molecule has 146 valence electrons. The van der Waals surface area contributed by atoms with E-state index >= 15 is 0 Å². The smallest absolute Gasteiger partial charge is 0.249 e. The lowest BCUT2D eigenvalue weighted by Gasteiger charge is -2.18. The van der Waals surface area contributed by atoms with Crippen molar-refractivity contribution in [3.05, 3.63) is 71.3 Å². The Balaban J connectivity index is 1.82. The number of rotatable bonds is 7. The van der Waals surface area contributed by atoms with Crippen molar-refractivity contribution in [3.63, 3.8) is 0 Å². The number of nitrogens with one attached hydrogen (secondary N) is 1. The van der Waals surface area contributed by atoms with E-state index in [4.69, 9.17) is 0 Å². The van der Waals surface area contributed by atoms with Gasteiger partial charge >= 0.3 is 0 Å². The fraction of sp³-hybridized carbons (Fsp3) is 0.300. The number of tetrazole rings is 1. The van der Waals surface area contributed by atoms with Crippen molar-refractivity contribution in [2.24, 2.45) is 0 Å². The first-order chi connectivity index (χ1) is 13.4. The maximum atomic E-state index is 13.2. The van der Waals surface area contributed by atoms with Crippen LogP contribution in [0.15, 0.2) is 48.5 Å². The van der Waals surface area contributed by atoms with Gasteiger partial charge in [-0.3, -0.25) is 4.79 Å². The highest BCUT2D eigenvalue weighted by molar-refractivity contribution is 5.94. The van der Waals surface area contributed by atoms with Gasteiger partial charge < -0.3 is 10.2 Å². The molecule has 0 aliphatic heterocycles. The highest BCUT2D eigenvalue weighted by Crippen LogP contribution is 2.19. The van der Waals surface area contributed by atoms with Gasteiger partial charge in [0.2, 0.25) is 5.91 Å². The molecule has 3 rings (SSSR count). The Hall–Kier alpha value is -3.13. The van der Waals surface area contributed by atoms with Gasteiger partial charge in [-0.2, -0.15) is 0 Å². The number of hydrogen-bond acceptors (Lipinski definition) is 5. The Labute approximate surface area is 163 Å². The number of halogens is 1. The summed E-state index contributed by atoms with van der Waals surface area (Å²) >= 11 is 0. The molecule has 8 heteroatoms. The topological polar surface area (TPSA) is 75.9 Å². The predicted molar refractivity (Wildman–Crippen MR) is 104 cm³/mol. The average Bonchev–Trinajstić information content (AvgIpc) is 3.06. The lowest BCUT2D eigenvalue weighted by atomic mass is 10.0. The first-order valence-electron chi connectivity index (χ1n) is 8.96. The van der Waals surface area contributed by atoms with Crippen LogP contribution < -0.4 is 5.32 Å². The molecule has 0 radical (unpaired) electrons. The van der Waals surface area contributed by atoms with E-state index in [2.05, 4.69) is 25.7 Å². The van der Waals surface area contributed by atoms with Gasteiger partial charge in [-0.15, -0.1) is 5.10 Å². The highest BCUT2D eigenvalue weighted by Gasteiger charge is 2.24. The molecule has 0 fully saturated rings. The molecule has 0 aliphatic rings. The first-order valence-corrected chi connectivity index (χ1v) is 8.96. The molecule has 0 spiro atoms. The molecule has 1 unspecified atom stereocenters. The second-order valence-corrected chi connectivity index (χ2v) is 6.94. The van der Waals surface area contributed by atoms with Crippen molar-refractivity contribution in [1.29, 1.82) is 0 Å². The van der Waals surface area contributed by atoms with E-state index in [0.717, 1.165) is 17.7 Å². The van der Waals surface area contributed by atoms with Gasteiger partial charge in [-0.25, -0.2) is 9.07 Å². The fourth-order valence-corrected chi connectivity index (χ4v) is 3.00. The Morgan fingerprint density at radius 1 is 1.18 bits per heavy atom. The molecule has 0 bridgehead atoms. The molecule has 1 aromatic heterocycles. The summed E-state index contributed by atoms with van der Waals surface area (Å²) in [5, 5.41) is 14.5. The summed E-state index contributed by atoms with van der Waals surface area (Å²) < 4.78 is 14.7. The third kappa shape index (κ3) is 4.98. The number of hydrogen-bond donors (Lipinski definition) is 1. The minimum Gasteiger partial charge on any atom is -0.324 e. The van der Waals surface area contributed by atoms with Crippen LogP contribution in [0.1, 0.15) is 23.0 Å². The van der Waals surface area contributed by atoms with Crippen molar-refractivity contribution >= 4 is 11.6 Å². The molecular formula is C20H23FN6O. The Kier molecular flexibility index (Phi) is 6.10. The zero-order chi connectivity index (χ0) is 20.1. The fourth-order valence-electron chi connectivity index (χ4n) is 3.00. The Bertz CT molecular complexity index is 938. The first kappa shape index (κ1) is 19.6. The molecule has 1 N–H and O–H groups in total. The molecule has 0 saturated carbocycles. The van der Waals surface area contributed by atoms with Crippen LogP contribution in [0.2, 0.25) is 0 Å². The van der Waals surface area contributed by atoms with E-state index in [9.17, 15) is 9.18 Å². The van der Waals surface area contributed by atoms with E-state index in [-0.39, 0.29) is 11.7 Å². The Morgan fingerprint density at radius 3 is 2.57 bits per heavy atom. The van der Waals surface area contributed by atoms with Crippen molar-refractivity contribution in [2.45, 2.75) is 25.9 Å². The third-order valence-electron chi connectivity index (χ3n) is 4.29. The van der Waals surface area contributed by atoms with Gasteiger partial charge in [0, 0.05) is 18.7 Å². The van der Waals surface area contributed by atoms with E-state index < -0.39 is 6.04 Å². The summed E-state index contributed by atoms with van der Waals surface area (Å²) in [6.07, 6.45) is 0.343. The number of anilines is 1. The molecule has 1 amide bonds. The summed E-state index contributed by atoms with van der Waals surface area (Å²) in [7, 11) is 3.98. The van der Waals surface area contributed by atoms with Gasteiger partial charge in [-0.05, 0) is 66.8 Å². The standard InChI is InChI=1S/C20H23FN6O/c1-14-23-24-25-27(14)19(12-15-7-9-17(21)10-8-15)20(28)22-18-6-4-5-16(11-18)13-26(2)3/h4-11,19H,12-13H2,1-3H3,(H,22,28). The summed E-state index contributed by atoms with van der Waals surface area (Å²) in [5.41, 5.74) is 2.62. The van der Waals surface area contributed by atoms with Crippen LogP contribution in [0.25, 0.3) is 0 Å². The van der Waals surface area contributed by atoms with Crippen LogP contribution in [0, 0.1) is 12.7 Å². The number of carbonyl (C=O) groups is 1. The zero-order valence-corrected chi connectivity index (χ0v) is 16.1. The lowest BCUT2D eigenvalue weighted by molar-refractivity contribution is -0.119. The van der Waals surface area contributed by atoms with Gasteiger partial charge in [0.15, 0.2) is 0 Å². The van der Waals surface area contributed by atoms with Gasteiger partial charge in [-0.1, -0.05) is 24.3 Å². The van der Waals surface area contributed by atoms with Gasteiger partial charge in [0.1, 0.15) is 17.7 Å². The van der Waals surface area contributed by atoms with Crippen LogP contribution in [-0.4, -0.2) is 45.1 Å². The van der Waals surface area contributed by atoms with Gasteiger partial charge in [0.25, 0.3) is 0 Å². The molecule has 3 aromatic rings. The summed E-state index contributed by atoms with van der Waals surface area (Å²) in [6.45, 7) is 2.51. The number of aromatic nitrogens is 4. The van der Waals surface area contributed by atoms with Crippen molar-refractivity contribution in [1.82, 2.24) is 25.1 Å². The van der Waals surface area contributed by atoms with Crippen molar-refractivity contribution in [2.75, 3.05) is 19.4 Å². The monoisotopic (exact) mass is 382 g/mol. The minimum absolute atomic E-state index is 0.235. The Morgan fingerprint density at radius 2 is 1.93 bits per heavy atom. The van der Waals surface area contributed by atoms with Gasteiger partial charge in [0.05, 0.1) is 0 Å². The number of amides is 1. The molecular weight excluding hydrogens is 359 g/mol. The number of aryl methyl sites for hydroxylation is 1.